The van der Waals surface area contributed by atoms with Gasteiger partial charge in [-0.2, -0.15) is 0 Å². The summed E-state index contributed by atoms with van der Waals surface area (Å²) in [5.41, 5.74) is 3.96. The van der Waals surface area contributed by atoms with Gasteiger partial charge in [0.1, 0.15) is 0 Å². The van der Waals surface area contributed by atoms with E-state index in [-0.39, 0.29) is 5.91 Å². The number of rotatable bonds is 7. The zero-order chi connectivity index (χ0) is 18.2. The van der Waals surface area contributed by atoms with Gasteiger partial charge in [-0.15, -0.1) is 0 Å². The lowest BCUT2D eigenvalue weighted by molar-refractivity contribution is 0.0950. The summed E-state index contributed by atoms with van der Waals surface area (Å²) in [6, 6.07) is 18.3. The second-order valence-electron chi connectivity index (χ2n) is 6.13. The molecule has 0 fully saturated rings. The molecule has 0 bridgehead atoms. The summed E-state index contributed by atoms with van der Waals surface area (Å²) < 4.78 is 0. The number of carbonyl (C=O) groups excluding carboxylic acids is 1. The van der Waals surface area contributed by atoms with Crippen molar-refractivity contribution in [1.82, 2.24) is 15.3 Å². The first-order valence-electron chi connectivity index (χ1n) is 8.64. The maximum Gasteiger partial charge on any atom is 0.254 e. The van der Waals surface area contributed by atoms with Crippen LogP contribution in [0.15, 0.2) is 67.0 Å². The maximum absolute atomic E-state index is 12.2. The normalized spacial score (nSPS) is 10.3. The van der Waals surface area contributed by atoms with Gasteiger partial charge in [0.2, 0.25) is 5.95 Å². The third-order valence-electron chi connectivity index (χ3n) is 4.03. The average molecular weight is 346 g/mol. The molecular weight excluding hydrogens is 324 g/mol. The number of aryl methyl sites for hydroxylation is 1. The van der Waals surface area contributed by atoms with E-state index in [0.29, 0.717) is 18.1 Å². The molecule has 0 aliphatic heterocycles. The smallest absolute Gasteiger partial charge is 0.254 e. The van der Waals surface area contributed by atoms with Gasteiger partial charge in [-0.3, -0.25) is 4.79 Å². The summed E-state index contributed by atoms with van der Waals surface area (Å²) in [6.07, 6.45) is 3.98. The lowest BCUT2D eigenvalue weighted by Crippen LogP contribution is -2.23. The van der Waals surface area contributed by atoms with E-state index in [1.807, 2.05) is 49.4 Å². The molecule has 0 saturated carbocycles. The molecule has 1 aromatic heterocycles. The molecule has 5 heteroatoms. The van der Waals surface area contributed by atoms with E-state index in [9.17, 15) is 4.79 Å². The molecule has 2 aromatic carbocycles. The van der Waals surface area contributed by atoms with Gasteiger partial charge in [-0.05, 0) is 24.5 Å². The first kappa shape index (κ1) is 17.6. The molecule has 0 spiro atoms. The fraction of sp³-hybridized carbons (Fsp3) is 0.190. The Kier molecular flexibility index (Phi) is 5.93. The molecule has 0 saturated heterocycles. The van der Waals surface area contributed by atoms with E-state index < -0.39 is 0 Å². The second-order valence-corrected chi connectivity index (χ2v) is 6.13. The summed E-state index contributed by atoms with van der Waals surface area (Å²) >= 11 is 0. The van der Waals surface area contributed by atoms with Gasteiger partial charge in [0.15, 0.2) is 0 Å². The molecule has 0 aliphatic rings. The second kappa shape index (κ2) is 8.76. The van der Waals surface area contributed by atoms with Crippen LogP contribution < -0.4 is 10.6 Å². The lowest BCUT2D eigenvalue weighted by Gasteiger charge is -2.07. The molecule has 3 aromatic rings. The van der Waals surface area contributed by atoms with Gasteiger partial charge in [-0.1, -0.05) is 60.2 Å². The van der Waals surface area contributed by atoms with Crippen LogP contribution in [-0.4, -0.2) is 22.4 Å². The third-order valence-corrected chi connectivity index (χ3v) is 4.03. The van der Waals surface area contributed by atoms with Crippen molar-refractivity contribution in [2.45, 2.75) is 19.9 Å². The van der Waals surface area contributed by atoms with Crippen molar-refractivity contribution in [3.05, 3.63) is 89.2 Å². The summed E-state index contributed by atoms with van der Waals surface area (Å²) in [4.78, 5) is 20.6. The summed E-state index contributed by atoms with van der Waals surface area (Å²) in [7, 11) is 0. The molecule has 132 valence electrons. The Morgan fingerprint density at radius 2 is 1.62 bits per heavy atom. The highest BCUT2D eigenvalue weighted by Crippen LogP contribution is 2.05. The molecular formula is C21H22N4O. The number of amides is 1. The van der Waals surface area contributed by atoms with Crippen molar-refractivity contribution >= 4 is 11.9 Å². The van der Waals surface area contributed by atoms with Gasteiger partial charge < -0.3 is 10.6 Å². The van der Waals surface area contributed by atoms with Crippen molar-refractivity contribution in [2.24, 2.45) is 0 Å². The van der Waals surface area contributed by atoms with Crippen molar-refractivity contribution in [3.63, 3.8) is 0 Å². The third kappa shape index (κ3) is 5.14. The summed E-state index contributed by atoms with van der Waals surface area (Å²) in [6.45, 7) is 3.26. The van der Waals surface area contributed by atoms with E-state index in [2.05, 4.69) is 32.7 Å². The van der Waals surface area contributed by atoms with Crippen LogP contribution in [0.4, 0.5) is 5.95 Å². The molecule has 26 heavy (non-hydrogen) atoms. The molecule has 2 N–H and O–H groups in total. The van der Waals surface area contributed by atoms with Gasteiger partial charge >= 0.3 is 0 Å². The van der Waals surface area contributed by atoms with Crippen LogP contribution in [0.25, 0.3) is 0 Å². The molecule has 3 rings (SSSR count). The number of anilines is 1. The van der Waals surface area contributed by atoms with E-state index in [1.54, 1.807) is 12.4 Å². The maximum atomic E-state index is 12.2. The van der Waals surface area contributed by atoms with Crippen LogP contribution >= 0.6 is 0 Å². The van der Waals surface area contributed by atoms with Gasteiger partial charge in [0.05, 0.1) is 5.56 Å². The Morgan fingerprint density at radius 1 is 0.923 bits per heavy atom. The number of aromatic nitrogens is 2. The van der Waals surface area contributed by atoms with Crippen molar-refractivity contribution in [3.8, 4) is 0 Å². The van der Waals surface area contributed by atoms with E-state index >= 15 is 0 Å². The Labute approximate surface area is 153 Å². The molecule has 0 atom stereocenters. The van der Waals surface area contributed by atoms with E-state index in [4.69, 9.17) is 0 Å². The quantitative estimate of drug-likeness (QED) is 0.688. The largest absolute Gasteiger partial charge is 0.354 e. The number of nitrogens with one attached hydrogen (secondary N) is 2. The first-order valence-corrected chi connectivity index (χ1v) is 8.64. The van der Waals surface area contributed by atoms with Gasteiger partial charge in [0.25, 0.3) is 5.91 Å². The van der Waals surface area contributed by atoms with Crippen molar-refractivity contribution in [1.29, 1.82) is 0 Å². The summed E-state index contributed by atoms with van der Waals surface area (Å²) in [5, 5.41) is 6.05. The predicted molar refractivity (Wildman–Crippen MR) is 103 cm³/mol. The monoisotopic (exact) mass is 346 g/mol. The van der Waals surface area contributed by atoms with Crippen LogP contribution in [0.2, 0.25) is 0 Å². The Balaban J connectivity index is 1.47. The minimum Gasteiger partial charge on any atom is -0.354 e. The highest BCUT2D eigenvalue weighted by atomic mass is 16.1. The predicted octanol–water partition coefficient (Wildman–Crippen LogP) is 3.37. The number of hydrogen-bond donors (Lipinski definition) is 2. The molecule has 0 unspecified atom stereocenters. The van der Waals surface area contributed by atoms with Gasteiger partial charge in [-0.25, -0.2) is 9.97 Å². The number of hydrogen-bond acceptors (Lipinski definition) is 4. The molecule has 1 heterocycles. The van der Waals surface area contributed by atoms with Gasteiger partial charge in [0, 0.05) is 25.5 Å². The van der Waals surface area contributed by atoms with Crippen molar-refractivity contribution < 1.29 is 4.79 Å². The van der Waals surface area contributed by atoms with Crippen LogP contribution in [0.3, 0.4) is 0 Å². The highest BCUT2D eigenvalue weighted by molar-refractivity contribution is 5.93. The highest BCUT2D eigenvalue weighted by Gasteiger charge is 2.07. The Bertz CT molecular complexity index is 830. The Morgan fingerprint density at radius 3 is 2.31 bits per heavy atom. The molecule has 0 radical (unpaired) electrons. The van der Waals surface area contributed by atoms with Crippen LogP contribution in [0.5, 0.6) is 0 Å². The van der Waals surface area contributed by atoms with Crippen LogP contribution in [0, 0.1) is 6.92 Å². The minimum atomic E-state index is -0.179. The molecule has 1 amide bonds. The summed E-state index contributed by atoms with van der Waals surface area (Å²) in [5.74, 6) is 0.345. The fourth-order valence-electron chi connectivity index (χ4n) is 2.49. The fourth-order valence-corrected chi connectivity index (χ4v) is 2.49. The van der Waals surface area contributed by atoms with Crippen molar-refractivity contribution in [2.75, 3.05) is 11.9 Å². The molecule has 0 aliphatic carbocycles. The standard InChI is InChI=1S/C21H22N4O/c1-16-7-9-18(10-8-16)13-23-20(26)19-14-24-21(25-15-19)22-12-11-17-5-3-2-4-6-17/h2-10,14-15H,11-13H2,1H3,(H,23,26)(H,22,24,25). The zero-order valence-corrected chi connectivity index (χ0v) is 14.8. The average Bonchev–Trinajstić information content (AvgIpc) is 2.69. The first-order chi connectivity index (χ1) is 12.7. The Hall–Kier alpha value is -3.21. The number of carbonyl (C=O) groups is 1. The van der Waals surface area contributed by atoms with E-state index in [0.717, 1.165) is 18.5 Å². The van der Waals surface area contributed by atoms with E-state index in [1.165, 1.54) is 11.1 Å². The number of benzene rings is 2. The minimum absolute atomic E-state index is 0.179. The zero-order valence-electron chi connectivity index (χ0n) is 14.8. The molecule has 5 nitrogen and oxygen atoms in total. The van der Waals surface area contributed by atoms with Crippen LogP contribution in [-0.2, 0) is 13.0 Å². The SMILES string of the molecule is Cc1ccc(CNC(=O)c2cnc(NCCc3ccccc3)nc2)cc1. The topological polar surface area (TPSA) is 66.9 Å². The van der Waals surface area contributed by atoms with Crippen LogP contribution in [0.1, 0.15) is 27.0 Å². The number of nitrogens with zero attached hydrogens (tertiary/aromatic N) is 2. The lowest BCUT2D eigenvalue weighted by atomic mass is 10.1.